The van der Waals surface area contributed by atoms with Crippen LogP contribution >= 0.6 is 11.3 Å². The first-order chi connectivity index (χ1) is 10.2. The normalized spacial score (nSPS) is 19.4. The highest BCUT2D eigenvalue weighted by Gasteiger charge is 2.19. The molecule has 21 heavy (non-hydrogen) atoms. The molecule has 0 bridgehead atoms. The van der Waals surface area contributed by atoms with E-state index in [-0.39, 0.29) is 12.6 Å². The summed E-state index contributed by atoms with van der Waals surface area (Å²) < 4.78 is 0. The molecule has 2 rings (SSSR count). The molecule has 118 valence electrons. The molecule has 0 saturated carbocycles. The van der Waals surface area contributed by atoms with Crippen LogP contribution in [0.15, 0.2) is 10.9 Å². The molecule has 6 nitrogen and oxygen atoms in total. The van der Waals surface area contributed by atoms with E-state index in [1.165, 1.54) is 11.3 Å². The lowest BCUT2D eigenvalue weighted by atomic mass is 9.99. The lowest BCUT2D eigenvalue weighted by molar-refractivity contribution is 0.121. The summed E-state index contributed by atoms with van der Waals surface area (Å²) in [6, 6.07) is -0.0706. The number of aliphatic hydroxyl groups excluding tert-OH is 1. The Hall–Kier alpha value is -1.18. The average Bonchev–Trinajstić information content (AvgIpc) is 3.00. The topological polar surface area (TPSA) is 68.7 Å². The fourth-order valence-electron chi connectivity index (χ4n) is 2.59. The lowest BCUT2D eigenvalue weighted by Crippen LogP contribution is -2.44. The number of amides is 2. The Balaban J connectivity index is 1.64. The second-order valence-electron chi connectivity index (χ2n) is 5.56. The molecule has 7 heteroatoms. The zero-order valence-electron chi connectivity index (χ0n) is 12.5. The highest BCUT2D eigenvalue weighted by Crippen LogP contribution is 2.14. The minimum atomic E-state index is -0.0706. The smallest absolute Gasteiger partial charge is 0.317 e. The van der Waals surface area contributed by atoms with Crippen molar-refractivity contribution >= 4 is 17.4 Å². The zero-order chi connectivity index (χ0) is 15.1. The number of aromatic nitrogens is 1. The van der Waals surface area contributed by atoms with E-state index in [0.29, 0.717) is 19.0 Å². The van der Waals surface area contributed by atoms with Crippen LogP contribution in [0, 0.1) is 5.92 Å². The van der Waals surface area contributed by atoms with Crippen LogP contribution in [0.25, 0.3) is 0 Å². The number of likely N-dealkylation sites (tertiary alicyclic amines) is 1. The van der Waals surface area contributed by atoms with Crippen molar-refractivity contribution in [2.75, 3.05) is 39.8 Å². The van der Waals surface area contributed by atoms with Gasteiger partial charge in [0.1, 0.15) is 0 Å². The summed E-state index contributed by atoms with van der Waals surface area (Å²) in [5.41, 5.74) is 2.69. The first-order valence-electron chi connectivity index (χ1n) is 7.38. The average molecular weight is 312 g/mol. The molecular weight excluding hydrogens is 288 g/mol. The van der Waals surface area contributed by atoms with E-state index < -0.39 is 0 Å². The number of thiazole rings is 1. The molecule has 1 aromatic rings. The summed E-state index contributed by atoms with van der Waals surface area (Å²) in [4.78, 5) is 20.1. The number of aliphatic hydroxyl groups is 1. The van der Waals surface area contributed by atoms with Crippen LogP contribution in [0.3, 0.4) is 0 Å². The van der Waals surface area contributed by atoms with E-state index in [9.17, 15) is 9.90 Å². The minimum absolute atomic E-state index is 0.0706. The van der Waals surface area contributed by atoms with Crippen LogP contribution in [0.2, 0.25) is 0 Å². The molecule has 1 atom stereocenters. The van der Waals surface area contributed by atoms with Gasteiger partial charge in [-0.1, -0.05) is 0 Å². The second-order valence-corrected chi connectivity index (χ2v) is 6.28. The van der Waals surface area contributed by atoms with Crippen LogP contribution in [0.1, 0.15) is 18.5 Å². The Morgan fingerprint density at radius 3 is 3.24 bits per heavy atom. The van der Waals surface area contributed by atoms with Crippen molar-refractivity contribution in [1.29, 1.82) is 0 Å². The van der Waals surface area contributed by atoms with Crippen molar-refractivity contribution in [3.05, 3.63) is 16.6 Å². The van der Waals surface area contributed by atoms with Crippen molar-refractivity contribution < 1.29 is 9.90 Å². The molecule has 0 aliphatic carbocycles. The molecule has 1 fully saturated rings. The predicted octanol–water partition coefficient (Wildman–Crippen LogP) is 0.989. The molecule has 2 N–H and O–H groups in total. The molecule has 0 spiro atoms. The lowest BCUT2D eigenvalue weighted by Gasteiger charge is -2.31. The Morgan fingerprint density at radius 1 is 1.67 bits per heavy atom. The second kappa shape index (κ2) is 8.31. The van der Waals surface area contributed by atoms with Gasteiger partial charge < -0.3 is 20.2 Å². The van der Waals surface area contributed by atoms with Crippen LogP contribution in [-0.2, 0) is 6.54 Å². The highest BCUT2D eigenvalue weighted by molar-refractivity contribution is 7.07. The minimum Gasteiger partial charge on any atom is -0.396 e. The van der Waals surface area contributed by atoms with Gasteiger partial charge in [0.15, 0.2) is 0 Å². The number of carbonyl (C=O) groups excluding carboxylic acids is 1. The van der Waals surface area contributed by atoms with Crippen molar-refractivity contribution in [3.63, 3.8) is 0 Å². The summed E-state index contributed by atoms with van der Waals surface area (Å²) >= 11 is 1.54. The van der Waals surface area contributed by atoms with E-state index in [1.807, 2.05) is 5.38 Å². The molecule has 0 aromatic carbocycles. The van der Waals surface area contributed by atoms with Gasteiger partial charge in [0.2, 0.25) is 0 Å². The van der Waals surface area contributed by atoms with Crippen LogP contribution < -0.4 is 5.32 Å². The number of piperidine rings is 1. The first-order valence-corrected chi connectivity index (χ1v) is 8.32. The van der Waals surface area contributed by atoms with Crippen molar-refractivity contribution in [1.82, 2.24) is 20.1 Å². The Morgan fingerprint density at radius 2 is 2.52 bits per heavy atom. The molecule has 2 amide bonds. The van der Waals surface area contributed by atoms with E-state index in [4.69, 9.17) is 0 Å². The van der Waals surface area contributed by atoms with Gasteiger partial charge in [0.25, 0.3) is 0 Å². The third-order valence-electron chi connectivity index (χ3n) is 3.79. The van der Waals surface area contributed by atoms with Gasteiger partial charge in [-0.3, -0.25) is 0 Å². The van der Waals surface area contributed by atoms with E-state index in [0.717, 1.165) is 38.2 Å². The van der Waals surface area contributed by atoms with Gasteiger partial charge in [0, 0.05) is 38.7 Å². The Kier molecular flexibility index (Phi) is 6.41. The molecule has 2 heterocycles. The van der Waals surface area contributed by atoms with Crippen molar-refractivity contribution in [2.45, 2.75) is 19.4 Å². The standard InChI is InChI=1S/C14H24N4O2S/c1-17(8-13-10-21-11-16-13)14(20)15-4-6-18-5-2-3-12(7-18)9-19/h10-12,19H,2-9H2,1H3,(H,15,20)/t12-/m0/s1. The SMILES string of the molecule is CN(Cc1cscn1)C(=O)NCCN1CCC[C@H](CO)C1. The Labute approximate surface area is 129 Å². The first kappa shape index (κ1) is 16.2. The van der Waals surface area contributed by atoms with Gasteiger partial charge >= 0.3 is 6.03 Å². The fourth-order valence-corrected chi connectivity index (χ4v) is 3.14. The Bertz CT molecular complexity index is 427. The fraction of sp³-hybridized carbons (Fsp3) is 0.714. The predicted molar refractivity (Wildman–Crippen MR) is 83.2 cm³/mol. The number of hydrogen-bond acceptors (Lipinski definition) is 5. The summed E-state index contributed by atoms with van der Waals surface area (Å²) in [6.07, 6.45) is 2.23. The monoisotopic (exact) mass is 312 g/mol. The number of nitrogens with zero attached hydrogens (tertiary/aromatic N) is 3. The number of urea groups is 1. The molecule has 1 aliphatic heterocycles. The highest BCUT2D eigenvalue weighted by atomic mass is 32.1. The number of rotatable bonds is 6. The van der Waals surface area contributed by atoms with Gasteiger partial charge in [-0.25, -0.2) is 9.78 Å². The molecule has 1 aromatic heterocycles. The number of carbonyl (C=O) groups is 1. The summed E-state index contributed by atoms with van der Waals surface area (Å²) in [7, 11) is 1.78. The zero-order valence-corrected chi connectivity index (χ0v) is 13.3. The number of nitrogens with one attached hydrogen (secondary N) is 1. The van der Waals surface area contributed by atoms with Crippen LogP contribution in [0.5, 0.6) is 0 Å². The maximum atomic E-state index is 12.0. The van der Waals surface area contributed by atoms with E-state index in [2.05, 4.69) is 15.2 Å². The van der Waals surface area contributed by atoms with Crippen LogP contribution in [-0.4, -0.2) is 65.8 Å². The van der Waals surface area contributed by atoms with Crippen molar-refractivity contribution in [2.24, 2.45) is 5.92 Å². The maximum absolute atomic E-state index is 12.0. The summed E-state index contributed by atoms with van der Waals surface area (Å²) in [5, 5.41) is 14.1. The molecular formula is C14H24N4O2S. The molecule has 1 saturated heterocycles. The summed E-state index contributed by atoms with van der Waals surface area (Å²) in [6.45, 7) is 4.26. The largest absolute Gasteiger partial charge is 0.396 e. The van der Waals surface area contributed by atoms with Crippen LogP contribution in [0.4, 0.5) is 4.79 Å². The van der Waals surface area contributed by atoms with E-state index >= 15 is 0 Å². The third-order valence-corrected chi connectivity index (χ3v) is 4.43. The third kappa shape index (κ3) is 5.26. The number of hydrogen-bond donors (Lipinski definition) is 2. The molecule has 0 radical (unpaired) electrons. The van der Waals surface area contributed by atoms with E-state index in [1.54, 1.807) is 17.5 Å². The van der Waals surface area contributed by atoms with Gasteiger partial charge in [-0.05, 0) is 25.3 Å². The molecule has 1 aliphatic rings. The van der Waals surface area contributed by atoms with Crippen molar-refractivity contribution in [3.8, 4) is 0 Å². The van der Waals surface area contributed by atoms with Gasteiger partial charge in [-0.15, -0.1) is 11.3 Å². The summed E-state index contributed by atoms with van der Waals surface area (Å²) in [5.74, 6) is 0.391. The molecule has 0 unspecified atom stereocenters. The quantitative estimate of drug-likeness (QED) is 0.822. The maximum Gasteiger partial charge on any atom is 0.317 e. The van der Waals surface area contributed by atoms with Gasteiger partial charge in [0.05, 0.1) is 17.7 Å². The van der Waals surface area contributed by atoms with Gasteiger partial charge in [-0.2, -0.15) is 0 Å².